The van der Waals surface area contributed by atoms with Crippen molar-refractivity contribution in [3.63, 3.8) is 0 Å². The highest BCUT2D eigenvalue weighted by Crippen LogP contribution is 2.46. The zero-order chi connectivity index (χ0) is 25.2. The highest BCUT2D eigenvalue weighted by molar-refractivity contribution is 5.89. The third-order valence-electron chi connectivity index (χ3n) is 7.53. The minimum Gasteiger partial charge on any atom is -0.465 e. The quantitative estimate of drug-likeness (QED) is 0.341. The zero-order valence-electron chi connectivity index (χ0n) is 21.4. The van der Waals surface area contributed by atoms with Crippen LogP contribution in [0.4, 0.5) is 4.39 Å². The first-order valence-corrected chi connectivity index (χ1v) is 12.3. The van der Waals surface area contributed by atoms with Gasteiger partial charge in [0.15, 0.2) is 0 Å². The van der Waals surface area contributed by atoms with Crippen LogP contribution in [0.5, 0.6) is 0 Å². The molecule has 0 heterocycles. The van der Waals surface area contributed by atoms with Crippen LogP contribution in [0.25, 0.3) is 6.08 Å². The van der Waals surface area contributed by atoms with Gasteiger partial charge in [-0.1, -0.05) is 82.3 Å². The Morgan fingerprint density at radius 3 is 2.17 bits per heavy atom. The van der Waals surface area contributed by atoms with Crippen LogP contribution in [0.2, 0.25) is 0 Å². The lowest BCUT2D eigenvalue weighted by Crippen LogP contribution is -2.34. The Morgan fingerprint density at radius 1 is 0.914 bits per heavy atom. The molecule has 0 amide bonds. The van der Waals surface area contributed by atoms with E-state index in [2.05, 4.69) is 58.0 Å². The molecule has 0 aliphatic heterocycles. The summed E-state index contributed by atoms with van der Waals surface area (Å²) in [6, 6.07) is 21.2. The van der Waals surface area contributed by atoms with Crippen molar-refractivity contribution < 1.29 is 13.9 Å². The number of methoxy groups -OCH3 is 1. The van der Waals surface area contributed by atoms with E-state index in [1.807, 2.05) is 24.3 Å². The Hall–Kier alpha value is -3.20. The Labute approximate surface area is 208 Å². The fourth-order valence-corrected chi connectivity index (χ4v) is 5.08. The summed E-state index contributed by atoms with van der Waals surface area (Å²) in [5.74, 6) is -0.425. The van der Waals surface area contributed by atoms with Crippen molar-refractivity contribution in [1.29, 1.82) is 0 Å². The zero-order valence-corrected chi connectivity index (χ0v) is 21.4. The van der Waals surface area contributed by atoms with Gasteiger partial charge in [0.25, 0.3) is 0 Å². The van der Waals surface area contributed by atoms with Gasteiger partial charge in [0.1, 0.15) is 5.82 Å². The molecule has 0 saturated heterocycles. The van der Waals surface area contributed by atoms with Crippen LogP contribution in [0.1, 0.15) is 84.6 Å². The van der Waals surface area contributed by atoms with Gasteiger partial charge >= 0.3 is 5.97 Å². The number of hydrogen-bond acceptors (Lipinski definition) is 2. The second kappa shape index (κ2) is 9.81. The summed E-state index contributed by atoms with van der Waals surface area (Å²) >= 11 is 0. The molecule has 1 aliphatic rings. The van der Waals surface area contributed by atoms with E-state index in [0.29, 0.717) is 5.56 Å². The molecule has 1 unspecified atom stereocenters. The lowest BCUT2D eigenvalue weighted by Gasteiger charge is -2.42. The number of halogens is 1. The molecule has 0 spiro atoms. The van der Waals surface area contributed by atoms with Crippen molar-refractivity contribution in [2.24, 2.45) is 0 Å². The third-order valence-corrected chi connectivity index (χ3v) is 7.53. The van der Waals surface area contributed by atoms with Gasteiger partial charge in [0.2, 0.25) is 0 Å². The van der Waals surface area contributed by atoms with Crippen molar-refractivity contribution in [1.82, 2.24) is 0 Å². The first-order chi connectivity index (χ1) is 16.6. The van der Waals surface area contributed by atoms with Crippen molar-refractivity contribution in [2.45, 2.75) is 63.7 Å². The molecule has 0 N–H and O–H groups in total. The first-order valence-electron chi connectivity index (χ1n) is 12.3. The van der Waals surface area contributed by atoms with Gasteiger partial charge < -0.3 is 4.74 Å². The lowest BCUT2D eigenvalue weighted by molar-refractivity contribution is 0.0600. The highest BCUT2D eigenvalue weighted by atomic mass is 19.1. The molecule has 2 nitrogen and oxygen atoms in total. The molecule has 1 atom stereocenters. The van der Waals surface area contributed by atoms with E-state index >= 15 is 0 Å². The maximum atomic E-state index is 13.5. The number of allylic oxidation sites excluding steroid dienone is 1. The van der Waals surface area contributed by atoms with Crippen LogP contribution < -0.4 is 0 Å². The predicted molar refractivity (Wildman–Crippen MR) is 141 cm³/mol. The second-order valence-electron chi connectivity index (χ2n) is 11.0. The summed E-state index contributed by atoms with van der Waals surface area (Å²) in [6.07, 6.45) is 7.46. The summed E-state index contributed by atoms with van der Waals surface area (Å²) in [4.78, 5) is 11.8. The molecule has 3 aromatic carbocycles. The maximum Gasteiger partial charge on any atom is 0.337 e. The normalized spacial score (nSPS) is 17.1. The minimum atomic E-state index is -0.339. The monoisotopic (exact) mass is 470 g/mol. The number of hydrogen-bond donors (Lipinski definition) is 0. The average molecular weight is 471 g/mol. The van der Waals surface area contributed by atoms with E-state index in [1.165, 1.54) is 48.8 Å². The number of fused-ring (bicyclic) bond motifs is 1. The largest absolute Gasteiger partial charge is 0.465 e. The SMILES string of the molecule is COC(=O)c1ccc(C=CC(Cc2ccc(F)cc2)c2ccc3c(c2)C(C)(C)CCC3(C)C)cc1. The molecular weight excluding hydrogens is 435 g/mol. The topological polar surface area (TPSA) is 26.3 Å². The molecule has 0 saturated carbocycles. The third kappa shape index (κ3) is 5.56. The summed E-state index contributed by atoms with van der Waals surface area (Å²) in [5, 5.41) is 0. The van der Waals surface area contributed by atoms with Gasteiger partial charge in [0, 0.05) is 5.92 Å². The second-order valence-corrected chi connectivity index (χ2v) is 11.0. The molecule has 3 aromatic rings. The number of benzene rings is 3. The molecule has 1 aliphatic carbocycles. The summed E-state index contributed by atoms with van der Waals surface area (Å²) in [5.41, 5.74) is 7.10. The Bertz CT molecular complexity index is 1220. The Morgan fingerprint density at radius 2 is 1.54 bits per heavy atom. The number of rotatable bonds is 6. The number of esters is 1. The molecule has 3 heteroatoms. The minimum absolute atomic E-state index is 0.131. The summed E-state index contributed by atoms with van der Waals surface area (Å²) < 4.78 is 18.3. The summed E-state index contributed by atoms with van der Waals surface area (Å²) in [7, 11) is 1.39. The summed E-state index contributed by atoms with van der Waals surface area (Å²) in [6.45, 7) is 9.38. The molecule has 0 aromatic heterocycles. The van der Waals surface area contributed by atoms with Gasteiger partial charge in [0.05, 0.1) is 12.7 Å². The Kier molecular flexibility index (Phi) is 6.98. The van der Waals surface area contributed by atoms with Gasteiger partial charge in [-0.2, -0.15) is 0 Å². The number of carbonyl (C=O) groups excluding carboxylic acids is 1. The molecule has 35 heavy (non-hydrogen) atoms. The number of ether oxygens (including phenoxy) is 1. The van der Waals surface area contributed by atoms with Crippen LogP contribution in [0.15, 0.2) is 72.8 Å². The molecule has 0 bridgehead atoms. The van der Waals surface area contributed by atoms with Crippen molar-refractivity contribution in [3.8, 4) is 0 Å². The average Bonchev–Trinajstić information content (AvgIpc) is 2.85. The van der Waals surface area contributed by atoms with Crippen molar-refractivity contribution in [3.05, 3.63) is 112 Å². The van der Waals surface area contributed by atoms with Gasteiger partial charge in [-0.15, -0.1) is 0 Å². The van der Waals surface area contributed by atoms with Crippen LogP contribution >= 0.6 is 0 Å². The van der Waals surface area contributed by atoms with Crippen LogP contribution in [-0.2, 0) is 22.0 Å². The van der Waals surface area contributed by atoms with Crippen LogP contribution in [-0.4, -0.2) is 13.1 Å². The highest BCUT2D eigenvalue weighted by Gasteiger charge is 2.37. The molecule has 0 fully saturated rings. The van der Waals surface area contributed by atoms with E-state index in [-0.39, 0.29) is 28.5 Å². The van der Waals surface area contributed by atoms with E-state index in [0.717, 1.165) is 17.5 Å². The van der Waals surface area contributed by atoms with Gasteiger partial charge in [-0.05, 0) is 82.2 Å². The first kappa shape index (κ1) is 24.9. The fourth-order valence-electron chi connectivity index (χ4n) is 5.08. The molecular formula is C32H35FO2. The molecule has 0 radical (unpaired) electrons. The van der Waals surface area contributed by atoms with E-state index in [4.69, 9.17) is 4.74 Å². The smallest absolute Gasteiger partial charge is 0.337 e. The predicted octanol–water partition coefficient (Wildman–Crippen LogP) is 8.00. The molecule has 182 valence electrons. The van der Waals surface area contributed by atoms with Gasteiger partial charge in [-0.3, -0.25) is 0 Å². The fraction of sp³-hybridized carbons (Fsp3) is 0.344. The van der Waals surface area contributed by atoms with Crippen LogP contribution in [0, 0.1) is 5.82 Å². The lowest BCUT2D eigenvalue weighted by atomic mass is 9.62. The van der Waals surface area contributed by atoms with Crippen LogP contribution in [0.3, 0.4) is 0 Å². The van der Waals surface area contributed by atoms with E-state index < -0.39 is 0 Å². The Balaban J connectivity index is 1.70. The number of carbonyl (C=O) groups is 1. The van der Waals surface area contributed by atoms with Gasteiger partial charge in [-0.25, -0.2) is 9.18 Å². The van der Waals surface area contributed by atoms with Crippen molar-refractivity contribution in [2.75, 3.05) is 7.11 Å². The maximum absolute atomic E-state index is 13.5. The molecule has 4 rings (SSSR count). The van der Waals surface area contributed by atoms with Crippen molar-refractivity contribution >= 4 is 12.0 Å². The standard InChI is InChI=1S/C32H35FO2/c1-31(2)18-19-32(3,4)29-21-26(14-17-28(29)31)25(20-23-9-15-27(33)16-10-23)13-8-22-6-11-24(12-7-22)30(34)35-5/h6-17,21,25H,18-20H2,1-5H3. The van der Waals surface area contributed by atoms with E-state index in [1.54, 1.807) is 12.1 Å². The van der Waals surface area contributed by atoms with E-state index in [9.17, 15) is 9.18 Å².